The Hall–Kier alpha value is -2.23. The highest BCUT2D eigenvalue weighted by Gasteiger charge is 2.05. The zero-order chi connectivity index (χ0) is 12.1. The molecule has 1 heterocycles. The van der Waals surface area contributed by atoms with E-state index in [-0.39, 0.29) is 0 Å². The van der Waals surface area contributed by atoms with Crippen molar-refractivity contribution in [2.45, 2.75) is 0 Å². The lowest BCUT2D eigenvalue weighted by molar-refractivity contribution is 0.565. The molecular weight excluding hydrogens is 240 g/mol. The zero-order valence-electron chi connectivity index (χ0n) is 8.59. The van der Waals surface area contributed by atoms with Crippen molar-refractivity contribution in [3.8, 4) is 0 Å². The monoisotopic (exact) mass is 246 g/mol. The average molecular weight is 247 g/mol. The number of isocyanates is 1. The van der Waals surface area contributed by atoms with E-state index in [9.17, 15) is 4.79 Å². The minimum absolute atomic E-state index is 0.335. The molecule has 0 spiro atoms. The summed E-state index contributed by atoms with van der Waals surface area (Å²) in [6.45, 7) is 0. The van der Waals surface area contributed by atoms with Crippen LogP contribution in [0.2, 0.25) is 5.02 Å². The molecular formula is C11H7ClN4O. The lowest BCUT2D eigenvalue weighted by Gasteiger charge is -2.07. The minimum atomic E-state index is 0.335. The Kier molecular flexibility index (Phi) is 3.45. The molecule has 1 aromatic carbocycles. The highest BCUT2D eigenvalue weighted by molar-refractivity contribution is 6.35. The predicted octanol–water partition coefficient (Wildman–Crippen LogP) is 2.84. The first-order valence-electron chi connectivity index (χ1n) is 4.70. The Morgan fingerprint density at radius 2 is 2.24 bits per heavy atom. The fourth-order valence-corrected chi connectivity index (χ4v) is 1.47. The molecule has 0 unspecified atom stereocenters. The molecule has 84 valence electrons. The van der Waals surface area contributed by atoms with Crippen molar-refractivity contribution < 1.29 is 4.79 Å². The van der Waals surface area contributed by atoms with Gasteiger partial charge in [-0.2, -0.15) is 4.99 Å². The second-order valence-corrected chi connectivity index (χ2v) is 3.44. The van der Waals surface area contributed by atoms with Gasteiger partial charge in [0.05, 0.1) is 22.6 Å². The standard InChI is InChI=1S/C11H7ClN4O/c12-11-8(15-7-17)2-1-3-9(11)16-10-6-13-4-5-14-10/h1-6H,(H,14,16). The number of anilines is 2. The first-order chi connectivity index (χ1) is 8.31. The van der Waals surface area contributed by atoms with Gasteiger partial charge < -0.3 is 5.32 Å². The molecule has 0 atom stereocenters. The summed E-state index contributed by atoms with van der Waals surface area (Å²) in [6.07, 6.45) is 6.14. The maximum atomic E-state index is 10.2. The molecule has 2 aromatic rings. The summed E-state index contributed by atoms with van der Waals surface area (Å²) < 4.78 is 0. The van der Waals surface area contributed by atoms with E-state index < -0.39 is 0 Å². The molecule has 17 heavy (non-hydrogen) atoms. The third-order valence-corrected chi connectivity index (χ3v) is 2.37. The van der Waals surface area contributed by atoms with E-state index in [1.165, 1.54) is 6.08 Å². The molecule has 0 bridgehead atoms. The Bertz CT molecular complexity index is 567. The van der Waals surface area contributed by atoms with E-state index in [0.29, 0.717) is 22.2 Å². The molecule has 0 aliphatic carbocycles. The number of nitrogens with one attached hydrogen (secondary N) is 1. The quantitative estimate of drug-likeness (QED) is 0.668. The van der Waals surface area contributed by atoms with Crippen LogP contribution >= 0.6 is 11.6 Å². The average Bonchev–Trinajstić information content (AvgIpc) is 2.36. The number of rotatable bonds is 3. The Morgan fingerprint density at radius 1 is 1.35 bits per heavy atom. The first kappa shape index (κ1) is 11.3. The summed E-state index contributed by atoms with van der Waals surface area (Å²) >= 11 is 6.05. The van der Waals surface area contributed by atoms with E-state index in [0.717, 1.165) is 0 Å². The molecule has 0 saturated carbocycles. The molecule has 0 radical (unpaired) electrons. The van der Waals surface area contributed by atoms with E-state index in [2.05, 4.69) is 20.3 Å². The lowest BCUT2D eigenvalue weighted by atomic mass is 10.3. The lowest BCUT2D eigenvalue weighted by Crippen LogP contribution is -1.94. The van der Waals surface area contributed by atoms with Gasteiger partial charge in [0.15, 0.2) is 0 Å². The fourth-order valence-electron chi connectivity index (χ4n) is 1.25. The third-order valence-electron chi connectivity index (χ3n) is 1.97. The van der Waals surface area contributed by atoms with Gasteiger partial charge in [0.25, 0.3) is 0 Å². The first-order valence-corrected chi connectivity index (χ1v) is 5.08. The number of aromatic nitrogens is 2. The van der Waals surface area contributed by atoms with Crippen molar-refractivity contribution >= 4 is 34.9 Å². The van der Waals surface area contributed by atoms with Crippen LogP contribution in [-0.2, 0) is 4.79 Å². The largest absolute Gasteiger partial charge is 0.338 e. The summed E-state index contributed by atoms with van der Waals surface area (Å²) in [6, 6.07) is 5.09. The number of halogens is 1. The number of hydrogen-bond acceptors (Lipinski definition) is 5. The fraction of sp³-hybridized carbons (Fsp3) is 0. The molecule has 2 rings (SSSR count). The number of benzene rings is 1. The SMILES string of the molecule is O=C=Nc1cccc(Nc2cnccn2)c1Cl. The topological polar surface area (TPSA) is 67.2 Å². The van der Waals surface area contributed by atoms with Crippen LogP contribution in [-0.4, -0.2) is 16.0 Å². The Balaban J connectivity index is 2.34. The van der Waals surface area contributed by atoms with Crippen molar-refractivity contribution in [3.05, 3.63) is 41.8 Å². The van der Waals surface area contributed by atoms with Gasteiger partial charge in [0, 0.05) is 12.4 Å². The van der Waals surface area contributed by atoms with Crippen LogP contribution < -0.4 is 5.32 Å². The summed E-state index contributed by atoms with van der Waals surface area (Å²) in [7, 11) is 0. The van der Waals surface area contributed by atoms with E-state index in [1.807, 2.05) is 0 Å². The van der Waals surface area contributed by atoms with Gasteiger partial charge in [-0.25, -0.2) is 9.78 Å². The van der Waals surface area contributed by atoms with Gasteiger partial charge in [0.2, 0.25) is 6.08 Å². The summed E-state index contributed by atoms with van der Waals surface area (Å²) in [5.41, 5.74) is 0.958. The van der Waals surface area contributed by atoms with Crippen LogP contribution in [0.1, 0.15) is 0 Å². The predicted molar refractivity (Wildman–Crippen MR) is 64.5 cm³/mol. The molecule has 0 aliphatic heterocycles. The summed E-state index contributed by atoms with van der Waals surface area (Å²) in [5.74, 6) is 0.557. The second kappa shape index (κ2) is 5.21. The van der Waals surface area contributed by atoms with Gasteiger partial charge in [-0.3, -0.25) is 4.98 Å². The van der Waals surface area contributed by atoms with Crippen LogP contribution in [0.3, 0.4) is 0 Å². The Morgan fingerprint density at radius 3 is 2.94 bits per heavy atom. The molecule has 1 aromatic heterocycles. The van der Waals surface area contributed by atoms with Crippen LogP contribution in [0.15, 0.2) is 41.8 Å². The van der Waals surface area contributed by atoms with Gasteiger partial charge in [0.1, 0.15) is 5.82 Å². The maximum absolute atomic E-state index is 10.2. The van der Waals surface area contributed by atoms with Crippen LogP contribution in [0.25, 0.3) is 0 Å². The van der Waals surface area contributed by atoms with Crippen molar-refractivity contribution in [1.82, 2.24) is 9.97 Å². The number of hydrogen-bond donors (Lipinski definition) is 1. The second-order valence-electron chi connectivity index (χ2n) is 3.06. The number of carbonyl (C=O) groups excluding carboxylic acids is 1. The summed E-state index contributed by atoms with van der Waals surface area (Å²) in [4.78, 5) is 21.7. The molecule has 1 N–H and O–H groups in total. The van der Waals surface area contributed by atoms with E-state index in [1.54, 1.807) is 36.8 Å². The molecule has 6 heteroatoms. The van der Waals surface area contributed by atoms with Crippen molar-refractivity contribution in [3.63, 3.8) is 0 Å². The Labute approximate surface area is 102 Å². The van der Waals surface area contributed by atoms with Crippen molar-refractivity contribution in [1.29, 1.82) is 0 Å². The van der Waals surface area contributed by atoms with Gasteiger partial charge in [-0.1, -0.05) is 17.7 Å². The van der Waals surface area contributed by atoms with Crippen LogP contribution in [0.4, 0.5) is 17.2 Å². The number of aliphatic imine (C=N–C) groups is 1. The van der Waals surface area contributed by atoms with Crippen molar-refractivity contribution in [2.24, 2.45) is 4.99 Å². The molecule has 0 fully saturated rings. The smallest absolute Gasteiger partial charge is 0.240 e. The highest BCUT2D eigenvalue weighted by Crippen LogP contribution is 2.33. The maximum Gasteiger partial charge on any atom is 0.240 e. The summed E-state index contributed by atoms with van der Waals surface area (Å²) in [5, 5.41) is 3.31. The van der Waals surface area contributed by atoms with E-state index >= 15 is 0 Å². The molecule has 0 saturated heterocycles. The van der Waals surface area contributed by atoms with Gasteiger partial charge in [-0.05, 0) is 12.1 Å². The highest BCUT2D eigenvalue weighted by atomic mass is 35.5. The van der Waals surface area contributed by atoms with Gasteiger partial charge >= 0.3 is 0 Å². The van der Waals surface area contributed by atoms with Crippen LogP contribution in [0.5, 0.6) is 0 Å². The van der Waals surface area contributed by atoms with Crippen molar-refractivity contribution in [2.75, 3.05) is 5.32 Å². The molecule has 0 aliphatic rings. The molecule has 0 amide bonds. The normalized spacial score (nSPS) is 9.47. The number of nitrogens with zero attached hydrogens (tertiary/aromatic N) is 3. The minimum Gasteiger partial charge on any atom is -0.338 e. The molecule has 5 nitrogen and oxygen atoms in total. The van der Waals surface area contributed by atoms with Crippen LogP contribution in [0, 0.1) is 0 Å². The van der Waals surface area contributed by atoms with E-state index in [4.69, 9.17) is 11.6 Å². The van der Waals surface area contributed by atoms with Gasteiger partial charge in [-0.15, -0.1) is 0 Å². The zero-order valence-corrected chi connectivity index (χ0v) is 9.35. The third kappa shape index (κ3) is 2.66.